The van der Waals surface area contributed by atoms with Gasteiger partial charge in [0.25, 0.3) is 0 Å². The molecule has 0 aliphatic carbocycles. The third-order valence-corrected chi connectivity index (χ3v) is 5.75. The van der Waals surface area contributed by atoms with E-state index >= 15 is 0 Å². The predicted molar refractivity (Wildman–Crippen MR) is 117 cm³/mol. The van der Waals surface area contributed by atoms with Gasteiger partial charge in [-0.1, -0.05) is 36.4 Å². The highest BCUT2D eigenvalue weighted by molar-refractivity contribution is 5.86. The predicted octanol–water partition coefficient (Wildman–Crippen LogP) is 3.93. The third-order valence-electron chi connectivity index (χ3n) is 5.75. The molecule has 2 aromatic carbocycles. The van der Waals surface area contributed by atoms with Gasteiger partial charge < -0.3 is 15.1 Å². The molecule has 150 valence electrons. The van der Waals surface area contributed by atoms with Gasteiger partial charge in [0.05, 0.1) is 5.69 Å². The Hall–Kier alpha value is -3.15. The molecule has 1 fully saturated rings. The Kier molecular flexibility index (Phi) is 5.60. The average molecular weight is 390 g/mol. The first kappa shape index (κ1) is 19.2. The molecular weight excluding hydrogens is 362 g/mol. The number of hydrogen-bond donors (Lipinski definition) is 1. The highest BCUT2D eigenvalue weighted by atomic mass is 16.2. The van der Waals surface area contributed by atoms with Crippen molar-refractivity contribution >= 4 is 22.8 Å². The van der Waals surface area contributed by atoms with Gasteiger partial charge in [0.1, 0.15) is 0 Å². The van der Waals surface area contributed by atoms with Crippen LogP contribution in [-0.2, 0) is 0 Å². The second-order valence-corrected chi connectivity index (χ2v) is 7.54. The van der Waals surface area contributed by atoms with Gasteiger partial charge in [0, 0.05) is 45.0 Å². The average Bonchev–Trinajstić information content (AvgIpc) is 3.04. The molecule has 2 amide bonds. The van der Waals surface area contributed by atoms with Gasteiger partial charge in [-0.05, 0) is 42.2 Å². The molecule has 0 radical (unpaired) electrons. The first-order valence-electron chi connectivity index (χ1n) is 10.2. The van der Waals surface area contributed by atoms with Crippen LogP contribution in [0.2, 0.25) is 0 Å². The molecule has 1 aliphatic heterocycles. The molecule has 2 heterocycles. The van der Waals surface area contributed by atoms with Gasteiger partial charge >= 0.3 is 6.03 Å². The van der Waals surface area contributed by atoms with Gasteiger partial charge in [0.15, 0.2) is 0 Å². The van der Waals surface area contributed by atoms with Crippen molar-refractivity contribution in [3.05, 3.63) is 54.7 Å². The van der Waals surface area contributed by atoms with Gasteiger partial charge in [-0.3, -0.25) is 0 Å². The molecule has 0 saturated carbocycles. The highest BCUT2D eigenvalue weighted by Crippen LogP contribution is 2.25. The van der Waals surface area contributed by atoms with Crippen molar-refractivity contribution in [2.24, 2.45) is 0 Å². The Morgan fingerprint density at radius 3 is 2.76 bits per heavy atom. The number of amides is 2. The van der Waals surface area contributed by atoms with Crippen molar-refractivity contribution < 1.29 is 4.79 Å². The summed E-state index contributed by atoms with van der Waals surface area (Å²) in [6.07, 6.45) is 4.75. The molecule has 0 spiro atoms. The SMILES string of the molecule is CNC(=O)N(C)C1CCCN(c2nccc(-c3ccc4ccccc4c3)n2)CC1. The molecule has 3 aromatic rings. The van der Waals surface area contributed by atoms with Crippen molar-refractivity contribution in [2.75, 3.05) is 32.1 Å². The fourth-order valence-electron chi connectivity index (χ4n) is 4.02. The number of nitrogens with zero attached hydrogens (tertiary/aromatic N) is 4. The summed E-state index contributed by atoms with van der Waals surface area (Å²) < 4.78 is 0. The number of urea groups is 1. The van der Waals surface area contributed by atoms with E-state index in [0.717, 1.165) is 49.6 Å². The molecule has 29 heavy (non-hydrogen) atoms. The Balaban J connectivity index is 1.53. The van der Waals surface area contributed by atoms with Crippen molar-refractivity contribution in [1.29, 1.82) is 0 Å². The summed E-state index contributed by atoms with van der Waals surface area (Å²) >= 11 is 0. The van der Waals surface area contributed by atoms with Gasteiger partial charge in [-0.15, -0.1) is 0 Å². The van der Waals surface area contributed by atoms with Crippen LogP contribution in [-0.4, -0.2) is 54.1 Å². The Bertz CT molecular complexity index is 1010. The number of carbonyl (C=O) groups excluding carboxylic acids is 1. The van der Waals surface area contributed by atoms with Crippen molar-refractivity contribution in [3.63, 3.8) is 0 Å². The minimum absolute atomic E-state index is 0.0296. The summed E-state index contributed by atoms with van der Waals surface area (Å²) in [5.74, 6) is 0.763. The zero-order valence-electron chi connectivity index (χ0n) is 17.0. The second-order valence-electron chi connectivity index (χ2n) is 7.54. The van der Waals surface area contributed by atoms with E-state index in [-0.39, 0.29) is 12.1 Å². The number of anilines is 1. The summed E-state index contributed by atoms with van der Waals surface area (Å²) in [7, 11) is 3.55. The van der Waals surface area contributed by atoms with E-state index in [9.17, 15) is 4.79 Å². The van der Waals surface area contributed by atoms with Crippen LogP contribution in [0, 0.1) is 0 Å². The van der Waals surface area contributed by atoms with E-state index in [1.54, 1.807) is 7.05 Å². The van der Waals surface area contributed by atoms with Gasteiger partial charge in [0.2, 0.25) is 5.95 Å². The van der Waals surface area contributed by atoms with Crippen LogP contribution in [0.3, 0.4) is 0 Å². The maximum Gasteiger partial charge on any atom is 0.317 e. The zero-order chi connectivity index (χ0) is 20.2. The Morgan fingerprint density at radius 1 is 1.10 bits per heavy atom. The molecule has 0 bridgehead atoms. The Morgan fingerprint density at radius 2 is 1.93 bits per heavy atom. The summed E-state index contributed by atoms with van der Waals surface area (Å²) in [6, 6.07) is 17.0. The normalized spacial score (nSPS) is 17.0. The zero-order valence-corrected chi connectivity index (χ0v) is 17.0. The number of benzene rings is 2. The summed E-state index contributed by atoms with van der Waals surface area (Å²) in [5.41, 5.74) is 2.03. The first-order chi connectivity index (χ1) is 14.2. The van der Waals surface area contributed by atoms with Crippen molar-refractivity contribution in [2.45, 2.75) is 25.3 Å². The molecule has 1 saturated heterocycles. The van der Waals surface area contributed by atoms with E-state index in [2.05, 4.69) is 57.7 Å². The lowest BCUT2D eigenvalue weighted by molar-refractivity contribution is 0.187. The molecule has 6 heteroatoms. The number of carbonyl (C=O) groups is 1. The van der Waals surface area contributed by atoms with E-state index in [1.165, 1.54) is 10.8 Å². The largest absolute Gasteiger partial charge is 0.341 e. The van der Waals surface area contributed by atoms with Crippen LogP contribution in [0.25, 0.3) is 22.0 Å². The van der Waals surface area contributed by atoms with Crippen LogP contribution < -0.4 is 10.2 Å². The minimum Gasteiger partial charge on any atom is -0.341 e. The fourth-order valence-corrected chi connectivity index (χ4v) is 4.02. The van der Waals surface area contributed by atoms with Crippen LogP contribution in [0.15, 0.2) is 54.7 Å². The smallest absolute Gasteiger partial charge is 0.317 e. The topological polar surface area (TPSA) is 61.4 Å². The maximum atomic E-state index is 11.9. The monoisotopic (exact) mass is 389 g/mol. The summed E-state index contributed by atoms with van der Waals surface area (Å²) in [4.78, 5) is 25.4. The molecule has 1 aromatic heterocycles. The van der Waals surface area contributed by atoms with Crippen LogP contribution in [0.5, 0.6) is 0 Å². The van der Waals surface area contributed by atoms with Crippen LogP contribution in [0.1, 0.15) is 19.3 Å². The molecular formula is C23H27N5O. The fraction of sp³-hybridized carbons (Fsp3) is 0.348. The minimum atomic E-state index is -0.0296. The lowest BCUT2D eigenvalue weighted by Crippen LogP contribution is -2.42. The van der Waals surface area contributed by atoms with E-state index in [0.29, 0.717) is 0 Å². The number of rotatable bonds is 3. The molecule has 1 unspecified atom stereocenters. The second kappa shape index (κ2) is 8.47. The van der Waals surface area contributed by atoms with Crippen LogP contribution in [0.4, 0.5) is 10.7 Å². The van der Waals surface area contributed by atoms with Gasteiger partial charge in [-0.2, -0.15) is 0 Å². The highest BCUT2D eigenvalue weighted by Gasteiger charge is 2.24. The van der Waals surface area contributed by atoms with Crippen LogP contribution >= 0.6 is 0 Å². The van der Waals surface area contributed by atoms with E-state index in [1.807, 2.05) is 24.2 Å². The first-order valence-corrected chi connectivity index (χ1v) is 10.2. The lowest BCUT2D eigenvalue weighted by atomic mass is 10.1. The summed E-state index contributed by atoms with van der Waals surface area (Å²) in [5, 5.41) is 5.15. The van der Waals surface area contributed by atoms with Gasteiger partial charge in [-0.25, -0.2) is 14.8 Å². The van der Waals surface area contributed by atoms with E-state index in [4.69, 9.17) is 4.98 Å². The molecule has 1 N–H and O–H groups in total. The summed E-state index contributed by atoms with van der Waals surface area (Å²) in [6.45, 7) is 1.74. The molecule has 1 atom stereocenters. The number of aromatic nitrogens is 2. The quantitative estimate of drug-likeness (QED) is 0.737. The standard InChI is InChI=1S/C23H27N5O/c1-24-23(29)27(2)20-8-5-14-28(15-12-20)22-25-13-11-21(26-22)19-10-9-17-6-3-4-7-18(17)16-19/h3-4,6-7,9-11,13,16,20H,5,8,12,14-15H2,1-2H3,(H,24,29). The maximum absolute atomic E-state index is 11.9. The number of fused-ring (bicyclic) bond motifs is 1. The Labute approximate surface area is 171 Å². The lowest BCUT2D eigenvalue weighted by Gasteiger charge is -2.27. The van der Waals surface area contributed by atoms with Crippen molar-refractivity contribution in [1.82, 2.24) is 20.2 Å². The number of hydrogen-bond acceptors (Lipinski definition) is 4. The number of nitrogens with one attached hydrogen (secondary N) is 1. The van der Waals surface area contributed by atoms with E-state index < -0.39 is 0 Å². The third kappa shape index (κ3) is 4.16. The van der Waals surface area contributed by atoms with Crippen molar-refractivity contribution in [3.8, 4) is 11.3 Å². The molecule has 4 rings (SSSR count). The molecule has 1 aliphatic rings. The molecule has 6 nitrogen and oxygen atoms in total.